The molecule has 0 N–H and O–H groups in total. The smallest absolute Gasteiger partial charge is 0.411 e. The average molecular weight is 1380 g/mol. The molecule has 0 spiro atoms. The minimum atomic E-state index is -5.74. The number of rotatable bonds is 18. The van der Waals surface area contributed by atoms with E-state index in [0.29, 0.717) is 35.1 Å². The van der Waals surface area contributed by atoms with Crippen molar-refractivity contribution in [2.75, 3.05) is 14.2 Å². The quantitative estimate of drug-likeness (QED) is 0.0589. The summed E-state index contributed by atoms with van der Waals surface area (Å²) in [5.74, 6) is 3.32. The third-order valence-electron chi connectivity index (χ3n) is 15.9. The highest BCUT2D eigenvalue weighted by Gasteiger charge is 2.72. The second-order valence-electron chi connectivity index (χ2n) is 22.7. The van der Waals surface area contributed by atoms with Gasteiger partial charge in [0, 0.05) is 10.8 Å². The van der Waals surface area contributed by atoms with Crippen molar-refractivity contribution in [2.45, 2.75) is 112 Å². The van der Waals surface area contributed by atoms with Gasteiger partial charge in [-0.25, -0.2) is 16.8 Å². The number of alkyl halides is 6. The Balaban J connectivity index is 0.000000273. The lowest BCUT2D eigenvalue weighted by atomic mass is 9.73. The van der Waals surface area contributed by atoms with Crippen molar-refractivity contribution < 1.29 is 71.6 Å². The number of hydrogen-bond donors (Lipinski definition) is 0. The zero-order valence-corrected chi connectivity index (χ0v) is 54.3. The predicted octanol–water partition coefficient (Wildman–Crippen LogP) is 20.6. The molecule has 0 heterocycles. The lowest BCUT2D eigenvalue weighted by molar-refractivity contribution is -0.288. The molecule has 0 saturated heterocycles. The van der Waals surface area contributed by atoms with E-state index in [1.807, 2.05) is 62.4 Å². The molecule has 12 nitrogen and oxygen atoms in total. The molecule has 20 heteroatoms. The van der Waals surface area contributed by atoms with Crippen molar-refractivity contribution >= 4 is 19.7 Å². The summed E-state index contributed by atoms with van der Waals surface area (Å²) in [4.78, 5) is 0.595. The van der Waals surface area contributed by atoms with Gasteiger partial charge in [0.2, 0.25) is 25.1 Å². The summed E-state index contributed by atoms with van der Waals surface area (Å²) in [6.45, 7) is 12.3. The fourth-order valence-corrected chi connectivity index (χ4v) is 12.7. The van der Waals surface area contributed by atoms with Crippen LogP contribution in [0.2, 0.25) is 0 Å². The maximum atomic E-state index is 14.3. The molecule has 10 aromatic rings. The first-order chi connectivity index (χ1) is 45.0. The third kappa shape index (κ3) is 17.7. The van der Waals surface area contributed by atoms with Crippen LogP contribution in [-0.4, -0.2) is 43.4 Å². The van der Waals surface area contributed by atoms with Crippen molar-refractivity contribution in [1.29, 1.82) is 10.5 Å². The van der Waals surface area contributed by atoms with Crippen molar-refractivity contribution in [3.05, 3.63) is 287 Å². The van der Waals surface area contributed by atoms with Gasteiger partial charge in [-0.05, 0) is 193 Å². The summed E-state index contributed by atoms with van der Waals surface area (Å²) in [5, 5.41) is 17.0. The Kier molecular flexibility index (Phi) is 25.9. The van der Waals surface area contributed by atoms with Gasteiger partial charge in [0.25, 0.3) is 12.5 Å². The van der Waals surface area contributed by atoms with E-state index in [2.05, 4.69) is 52.0 Å². The van der Waals surface area contributed by atoms with Gasteiger partial charge >= 0.3 is 12.4 Å². The first-order valence-electron chi connectivity index (χ1n) is 29.1. The van der Waals surface area contributed by atoms with Crippen LogP contribution in [0.4, 0.5) is 26.3 Å². The molecule has 0 saturated carbocycles. The molecule has 98 heavy (non-hydrogen) atoms. The largest absolute Gasteiger partial charge is 0.497 e. The maximum absolute atomic E-state index is 14.3. The SMILES string of the molecule is C.C.C.CC(C)(c1ccc(OC#N)cc1)c1ccc(OC#N)cc1.COc1ccc(C(C)(C)c2ccc(Oc3ccc(S(=O)(=O)c4ccc(C)cc4)cc3)cc2)cc1.COc1ccc(C(c2ccc(Oc3ccc(S(=O)(=O)c4ccc(C)cc4)cc3)cc2)(C(F)(F)F)C(F)(F)F)cc1. The number of nitriles is 2. The molecule has 0 aliphatic rings. The molecule has 512 valence electrons. The molecule has 0 radical (unpaired) electrons. The molecule has 10 aromatic carbocycles. The lowest BCUT2D eigenvalue weighted by Crippen LogP contribution is -2.54. The van der Waals surface area contributed by atoms with Crippen molar-refractivity contribution in [3.8, 4) is 58.5 Å². The molecule has 0 atom stereocenters. The van der Waals surface area contributed by atoms with Crippen LogP contribution in [0.5, 0.6) is 46.0 Å². The van der Waals surface area contributed by atoms with E-state index in [0.717, 1.165) is 70.0 Å². The van der Waals surface area contributed by atoms with Crippen LogP contribution in [0.15, 0.2) is 262 Å². The fraction of sp³-hybridized carbons (Fsp3) is 0.205. The zero-order chi connectivity index (χ0) is 69.0. The number of ether oxygens (including phenoxy) is 6. The summed E-state index contributed by atoms with van der Waals surface area (Å²) in [6.07, 6.45) is -8.17. The molecule has 0 unspecified atom stereocenters. The minimum Gasteiger partial charge on any atom is -0.497 e. The average Bonchev–Trinajstić information content (AvgIpc) is 0.717. The first kappa shape index (κ1) is 78.2. The standard InChI is InChI=1S/C29H22F6O4S.C29H28O4S.C17H14N2O2.3CH4/c1-19-3-15-25(16-4-19)40(36,37)26-17-13-24(14-18-26)39-23-11-7-21(8-12-23)27(28(30,31)32,29(33,34)35)20-5-9-22(38-2)10-6-20;1-21-5-17-27(18-6-21)34(30,31)28-19-15-26(16-20-28)33-25-13-9-23(10-14-25)29(2,3)22-7-11-24(32-4)12-8-22;1-17(2,13-3-7-15(8-4-13)20-11-18)14-5-9-16(10-6-14)21-12-19;;;/h3-18H,1-2H3;5-20H,1-4H3;3-10H,1-2H3;3*1H4. The summed E-state index contributed by atoms with van der Waals surface area (Å²) >= 11 is 0. The van der Waals surface area contributed by atoms with Crippen molar-refractivity contribution in [2.24, 2.45) is 0 Å². The van der Waals surface area contributed by atoms with E-state index in [9.17, 15) is 43.2 Å². The molecule has 10 rings (SSSR count). The second kappa shape index (κ2) is 32.5. The number of nitrogens with zero attached hydrogens (tertiary/aromatic N) is 2. The summed E-state index contributed by atoms with van der Waals surface area (Å²) in [5.41, 5.74) is -0.331. The van der Waals surface area contributed by atoms with Crippen molar-refractivity contribution in [1.82, 2.24) is 0 Å². The van der Waals surface area contributed by atoms with Crippen molar-refractivity contribution in [3.63, 3.8) is 0 Å². The Bertz CT molecular complexity index is 4450. The van der Waals surface area contributed by atoms with Gasteiger partial charge < -0.3 is 28.4 Å². The summed E-state index contributed by atoms with van der Waals surface area (Å²) in [6, 6.07) is 62.7. The topological polar surface area (TPSA) is 171 Å². The normalized spacial score (nSPS) is 11.5. The Morgan fingerprint density at radius 1 is 0.306 bits per heavy atom. The highest BCUT2D eigenvalue weighted by atomic mass is 32.2. The van der Waals surface area contributed by atoms with Gasteiger partial charge in [0.05, 0.1) is 33.8 Å². The van der Waals surface area contributed by atoms with Gasteiger partial charge in [-0.2, -0.15) is 26.3 Å². The fourth-order valence-electron chi connectivity index (χ4n) is 10.2. The second-order valence-corrected chi connectivity index (χ2v) is 26.6. The number of halogens is 6. The van der Waals surface area contributed by atoms with Crippen LogP contribution in [0.25, 0.3) is 0 Å². The van der Waals surface area contributed by atoms with E-state index >= 15 is 0 Å². The molecule has 0 fully saturated rings. The predicted molar refractivity (Wildman–Crippen MR) is 368 cm³/mol. The van der Waals surface area contributed by atoms with Crippen LogP contribution in [0.1, 0.15) is 94.5 Å². The van der Waals surface area contributed by atoms with E-state index in [4.69, 9.17) is 38.9 Å². The number of methoxy groups -OCH3 is 2. The summed E-state index contributed by atoms with van der Waals surface area (Å²) < 4.78 is 168. The monoisotopic (exact) mass is 1380 g/mol. The van der Waals surface area contributed by atoms with Gasteiger partial charge in [-0.3, -0.25) is 0 Å². The van der Waals surface area contributed by atoms with Gasteiger partial charge in [-0.15, -0.1) is 10.5 Å². The molecular formula is C78H76F6N2O10S2. The van der Waals surface area contributed by atoms with Crippen LogP contribution in [0, 0.1) is 36.9 Å². The number of hydrogen-bond acceptors (Lipinski definition) is 12. The summed E-state index contributed by atoms with van der Waals surface area (Å²) in [7, 11) is -4.46. The third-order valence-corrected chi connectivity index (χ3v) is 19.5. The Morgan fingerprint density at radius 3 is 0.714 bits per heavy atom. The van der Waals surface area contributed by atoms with Crippen LogP contribution >= 0.6 is 0 Å². The van der Waals surface area contributed by atoms with E-state index in [1.54, 1.807) is 105 Å². The molecule has 0 amide bonds. The van der Waals surface area contributed by atoms with Crippen LogP contribution < -0.4 is 28.4 Å². The number of benzene rings is 10. The Morgan fingerprint density at radius 2 is 0.500 bits per heavy atom. The van der Waals surface area contributed by atoms with E-state index < -0.39 is 48.6 Å². The molecule has 0 aromatic heterocycles. The number of sulfone groups is 2. The van der Waals surface area contributed by atoms with Gasteiger partial charge in [0.15, 0.2) is 0 Å². The van der Waals surface area contributed by atoms with Crippen LogP contribution in [-0.2, 0) is 35.9 Å². The molecule has 0 aliphatic carbocycles. The maximum Gasteiger partial charge on any atom is 0.411 e. The van der Waals surface area contributed by atoms with E-state index in [-0.39, 0.29) is 69.9 Å². The number of aryl methyl sites for hydroxylation is 2. The highest BCUT2D eigenvalue weighted by Crippen LogP contribution is 2.56. The van der Waals surface area contributed by atoms with E-state index in [1.165, 1.54) is 49.1 Å². The lowest BCUT2D eigenvalue weighted by Gasteiger charge is -2.38. The molecule has 0 aliphatic heterocycles. The highest BCUT2D eigenvalue weighted by molar-refractivity contribution is 7.91. The van der Waals surface area contributed by atoms with Crippen LogP contribution in [0.3, 0.4) is 0 Å². The Labute approximate surface area is 570 Å². The van der Waals surface area contributed by atoms with Gasteiger partial charge in [-0.1, -0.05) is 158 Å². The Hall–Kier alpha value is -10.5. The molecular weight excluding hydrogens is 1300 g/mol. The minimum absolute atomic E-state index is 0. The van der Waals surface area contributed by atoms with Gasteiger partial charge in [0.1, 0.15) is 46.0 Å². The molecule has 0 bridgehead atoms. The first-order valence-corrected chi connectivity index (χ1v) is 32.1. The zero-order valence-electron chi connectivity index (χ0n) is 52.7.